The largest absolute Gasteiger partial charge is 0.493 e. The van der Waals surface area contributed by atoms with Gasteiger partial charge in [-0.3, -0.25) is 4.98 Å². The van der Waals surface area contributed by atoms with E-state index in [1.165, 1.54) is 0 Å². The average Bonchev–Trinajstić information content (AvgIpc) is 2.19. The Bertz CT molecular complexity index is 322. The molecule has 2 heteroatoms. The summed E-state index contributed by atoms with van der Waals surface area (Å²) in [6, 6.07) is 3.72. The number of hydrogen-bond acceptors (Lipinski definition) is 2. The molecule has 0 amide bonds. The predicted molar refractivity (Wildman–Crippen MR) is 52.7 cm³/mol. The highest BCUT2D eigenvalue weighted by molar-refractivity contribution is 5.61. The Hall–Kier alpha value is -1.75. The fraction of sp³-hybridized carbons (Fsp3) is 0.182. The third kappa shape index (κ3) is 2.64. The highest BCUT2D eigenvalue weighted by Gasteiger charge is 1.99. The van der Waals surface area contributed by atoms with Gasteiger partial charge in [-0.25, -0.2) is 0 Å². The van der Waals surface area contributed by atoms with Gasteiger partial charge >= 0.3 is 0 Å². The molecule has 1 rings (SSSR count). The Kier molecular flexibility index (Phi) is 3.59. The van der Waals surface area contributed by atoms with Crippen LogP contribution in [0, 0.1) is 12.3 Å². The Balaban J connectivity index is 2.91. The summed E-state index contributed by atoms with van der Waals surface area (Å²) in [5.74, 6) is 3.16. The quantitative estimate of drug-likeness (QED) is 0.515. The maximum atomic E-state index is 5.36. The summed E-state index contributed by atoms with van der Waals surface area (Å²) in [7, 11) is 0. The fourth-order valence-electron chi connectivity index (χ4n) is 0.956. The van der Waals surface area contributed by atoms with Gasteiger partial charge in [-0.05, 0) is 19.1 Å². The van der Waals surface area contributed by atoms with Gasteiger partial charge in [-0.1, -0.05) is 5.92 Å². The topological polar surface area (TPSA) is 22.1 Å². The van der Waals surface area contributed by atoms with E-state index in [9.17, 15) is 0 Å². The number of aromatic nitrogens is 1. The van der Waals surface area contributed by atoms with Gasteiger partial charge in [0.1, 0.15) is 5.76 Å². The van der Waals surface area contributed by atoms with Gasteiger partial charge in [-0.2, -0.15) is 0 Å². The molecule has 0 aliphatic rings. The minimum atomic E-state index is 0.607. The second-order valence-corrected chi connectivity index (χ2v) is 2.34. The minimum Gasteiger partial charge on any atom is -0.493 e. The first-order chi connectivity index (χ1) is 6.38. The van der Waals surface area contributed by atoms with Crippen LogP contribution in [-0.2, 0) is 4.74 Å². The normalized spacial score (nSPS) is 10.6. The molecule has 0 atom stereocenters. The molecule has 0 saturated carbocycles. The molecule has 13 heavy (non-hydrogen) atoms. The molecule has 0 bridgehead atoms. The Morgan fingerprint density at radius 2 is 2.31 bits per heavy atom. The summed E-state index contributed by atoms with van der Waals surface area (Å²) < 4.78 is 5.36. The van der Waals surface area contributed by atoms with E-state index in [-0.39, 0.29) is 0 Å². The summed E-state index contributed by atoms with van der Waals surface area (Å²) in [6.45, 7) is 2.53. The molecule has 0 aromatic carbocycles. The van der Waals surface area contributed by atoms with Crippen molar-refractivity contribution in [1.29, 1.82) is 0 Å². The standard InChI is InChI=1S/C11H11NO/c1-3-5-11(13-4-2)10-6-8-12-9-7-10/h1,5-9H,4H2,2H3. The predicted octanol–water partition coefficient (Wildman–Crippen LogP) is 2.09. The zero-order chi connectivity index (χ0) is 9.52. The zero-order valence-electron chi connectivity index (χ0n) is 7.53. The molecule has 1 heterocycles. The van der Waals surface area contributed by atoms with Crippen LogP contribution in [0.5, 0.6) is 0 Å². The van der Waals surface area contributed by atoms with E-state index in [4.69, 9.17) is 11.2 Å². The van der Waals surface area contributed by atoms with Crippen molar-refractivity contribution in [2.24, 2.45) is 0 Å². The average molecular weight is 173 g/mol. The molecule has 1 aromatic rings. The molecule has 0 saturated heterocycles. The highest BCUT2D eigenvalue weighted by atomic mass is 16.5. The van der Waals surface area contributed by atoms with E-state index in [0.29, 0.717) is 12.4 Å². The van der Waals surface area contributed by atoms with Crippen LogP contribution >= 0.6 is 0 Å². The Morgan fingerprint density at radius 3 is 2.85 bits per heavy atom. The Labute approximate surface area is 78.3 Å². The summed E-state index contributed by atoms with van der Waals surface area (Å²) in [6.07, 6.45) is 10.2. The van der Waals surface area contributed by atoms with Gasteiger partial charge < -0.3 is 4.74 Å². The maximum absolute atomic E-state index is 5.36. The summed E-state index contributed by atoms with van der Waals surface area (Å²) in [5, 5.41) is 0. The third-order valence-corrected chi connectivity index (χ3v) is 1.48. The first-order valence-corrected chi connectivity index (χ1v) is 4.08. The lowest BCUT2D eigenvalue weighted by molar-refractivity contribution is 0.298. The van der Waals surface area contributed by atoms with Crippen LogP contribution in [0.25, 0.3) is 5.76 Å². The van der Waals surface area contributed by atoms with Crippen LogP contribution in [0.3, 0.4) is 0 Å². The van der Waals surface area contributed by atoms with E-state index in [0.717, 1.165) is 5.56 Å². The van der Waals surface area contributed by atoms with Crippen LogP contribution in [0.4, 0.5) is 0 Å². The van der Waals surface area contributed by atoms with Crippen LogP contribution < -0.4 is 0 Å². The molecule has 0 N–H and O–H groups in total. The molecular weight excluding hydrogens is 162 g/mol. The van der Waals surface area contributed by atoms with Crippen LogP contribution in [0.15, 0.2) is 30.6 Å². The van der Waals surface area contributed by atoms with Gasteiger partial charge in [0, 0.05) is 24.0 Å². The van der Waals surface area contributed by atoms with E-state index in [1.54, 1.807) is 18.5 Å². The molecule has 0 aliphatic heterocycles. The van der Waals surface area contributed by atoms with Crippen molar-refractivity contribution in [2.75, 3.05) is 6.61 Å². The van der Waals surface area contributed by atoms with Crippen LogP contribution in [0.2, 0.25) is 0 Å². The molecular formula is C11H11NO. The number of nitrogens with zero attached hydrogens (tertiary/aromatic N) is 1. The number of hydrogen-bond donors (Lipinski definition) is 0. The van der Waals surface area contributed by atoms with Crippen molar-refractivity contribution < 1.29 is 4.74 Å². The van der Waals surface area contributed by atoms with Gasteiger partial charge in [-0.15, -0.1) is 6.42 Å². The summed E-state index contributed by atoms with van der Waals surface area (Å²) in [5.41, 5.74) is 0.954. The van der Waals surface area contributed by atoms with Gasteiger partial charge in [0.2, 0.25) is 0 Å². The highest BCUT2D eigenvalue weighted by Crippen LogP contribution is 2.13. The van der Waals surface area contributed by atoms with Crippen molar-refractivity contribution in [3.8, 4) is 12.3 Å². The van der Waals surface area contributed by atoms with Gasteiger partial charge in [0.15, 0.2) is 0 Å². The maximum Gasteiger partial charge on any atom is 0.134 e. The summed E-state index contributed by atoms with van der Waals surface area (Å²) in [4.78, 5) is 3.91. The van der Waals surface area contributed by atoms with Crippen molar-refractivity contribution >= 4 is 5.76 Å². The number of rotatable bonds is 3. The van der Waals surface area contributed by atoms with E-state index < -0.39 is 0 Å². The second-order valence-electron chi connectivity index (χ2n) is 2.34. The van der Waals surface area contributed by atoms with Gasteiger partial charge in [0.25, 0.3) is 0 Å². The monoisotopic (exact) mass is 173 g/mol. The van der Waals surface area contributed by atoms with E-state index in [1.807, 2.05) is 19.1 Å². The molecule has 0 unspecified atom stereocenters. The fourth-order valence-corrected chi connectivity index (χ4v) is 0.956. The van der Waals surface area contributed by atoms with E-state index >= 15 is 0 Å². The SMILES string of the molecule is C#CC=C(OCC)c1ccncc1. The van der Waals surface area contributed by atoms with Crippen molar-refractivity contribution in [3.63, 3.8) is 0 Å². The smallest absolute Gasteiger partial charge is 0.134 e. The van der Waals surface area contributed by atoms with Crippen LogP contribution in [0.1, 0.15) is 12.5 Å². The number of ether oxygens (including phenoxy) is 1. The molecule has 0 fully saturated rings. The van der Waals surface area contributed by atoms with Crippen LogP contribution in [-0.4, -0.2) is 11.6 Å². The molecule has 0 aliphatic carbocycles. The first-order valence-electron chi connectivity index (χ1n) is 4.08. The van der Waals surface area contributed by atoms with E-state index in [2.05, 4.69) is 10.9 Å². The molecule has 1 aromatic heterocycles. The summed E-state index contributed by atoms with van der Waals surface area (Å²) >= 11 is 0. The minimum absolute atomic E-state index is 0.607. The number of pyridine rings is 1. The lowest BCUT2D eigenvalue weighted by Gasteiger charge is -2.06. The third-order valence-electron chi connectivity index (χ3n) is 1.48. The lowest BCUT2D eigenvalue weighted by atomic mass is 10.2. The Morgan fingerprint density at radius 1 is 1.62 bits per heavy atom. The number of terminal acetylenes is 1. The number of allylic oxidation sites excluding steroid dienone is 1. The molecule has 0 spiro atoms. The molecule has 0 radical (unpaired) electrons. The molecule has 2 nitrogen and oxygen atoms in total. The first kappa shape index (κ1) is 9.34. The van der Waals surface area contributed by atoms with Gasteiger partial charge in [0.05, 0.1) is 6.61 Å². The lowest BCUT2D eigenvalue weighted by Crippen LogP contribution is -1.91. The van der Waals surface area contributed by atoms with Crippen molar-refractivity contribution in [2.45, 2.75) is 6.92 Å². The second kappa shape index (κ2) is 5.00. The zero-order valence-corrected chi connectivity index (χ0v) is 7.53. The molecule has 66 valence electrons. The van der Waals surface area contributed by atoms with Crippen molar-refractivity contribution in [1.82, 2.24) is 4.98 Å². The van der Waals surface area contributed by atoms with Crippen molar-refractivity contribution in [3.05, 3.63) is 36.2 Å².